The van der Waals surface area contributed by atoms with E-state index >= 15 is 0 Å². The zero-order valence-corrected chi connectivity index (χ0v) is 13.2. The Kier molecular flexibility index (Phi) is 4.27. The van der Waals surface area contributed by atoms with Crippen LogP contribution in [0.3, 0.4) is 0 Å². The number of nitrogens with zero attached hydrogens (tertiary/aromatic N) is 2. The van der Waals surface area contributed by atoms with Crippen LogP contribution >= 0.6 is 0 Å². The molecule has 1 aliphatic heterocycles. The number of rotatable bonds is 5. The number of nitrogens with one attached hydrogen (secondary N) is 1. The third kappa shape index (κ3) is 2.70. The Labute approximate surface area is 126 Å². The van der Waals surface area contributed by atoms with E-state index in [1.165, 1.54) is 16.9 Å². The van der Waals surface area contributed by atoms with E-state index in [1.54, 1.807) is 0 Å². The first-order valence-corrected chi connectivity index (χ1v) is 8.02. The van der Waals surface area contributed by atoms with E-state index in [1.807, 2.05) is 0 Å². The molecule has 3 rings (SSSR count). The Morgan fingerprint density at radius 2 is 2.19 bits per heavy atom. The van der Waals surface area contributed by atoms with Crippen LogP contribution in [0.5, 0.6) is 0 Å². The maximum Gasteiger partial charge on any atom is 0.116 e. The van der Waals surface area contributed by atoms with Crippen molar-refractivity contribution in [3.8, 4) is 0 Å². The van der Waals surface area contributed by atoms with E-state index in [-0.39, 0.29) is 0 Å². The lowest BCUT2D eigenvalue weighted by Crippen LogP contribution is -2.35. The SMILES string of the molecule is CCCNC1COCC1c1nc2cc(C)ccc2n1CC. The summed E-state index contributed by atoms with van der Waals surface area (Å²) in [6.07, 6.45) is 1.15. The topological polar surface area (TPSA) is 39.1 Å². The summed E-state index contributed by atoms with van der Waals surface area (Å²) in [5, 5.41) is 3.61. The second-order valence-electron chi connectivity index (χ2n) is 5.91. The normalized spacial score (nSPS) is 22.2. The van der Waals surface area contributed by atoms with E-state index in [0.717, 1.165) is 38.2 Å². The predicted octanol–water partition coefficient (Wildman–Crippen LogP) is 2.85. The maximum absolute atomic E-state index is 5.72. The number of imidazole rings is 1. The average Bonchev–Trinajstić information content (AvgIpc) is 3.07. The molecule has 1 saturated heterocycles. The second kappa shape index (κ2) is 6.16. The minimum absolute atomic E-state index is 0.351. The fourth-order valence-electron chi connectivity index (χ4n) is 3.21. The summed E-state index contributed by atoms with van der Waals surface area (Å²) >= 11 is 0. The Morgan fingerprint density at radius 3 is 2.95 bits per heavy atom. The second-order valence-corrected chi connectivity index (χ2v) is 5.91. The number of benzene rings is 1. The first-order valence-electron chi connectivity index (χ1n) is 8.02. The molecule has 1 fully saturated rings. The van der Waals surface area contributed by atoms with Crippen molar-refractivity contribution in [2.45, 2.75) is 45.7 Å². The van der Waals surface area contributed by atoms with E-state index in [4.69, 9.17) is 9.72 Å². The Hall–Kier alpha value is -1.39. The zero-order valence-electron chi connectivity index (χ0n) is 13.2. The highest BCUT2D eigenvalue weighted by molar-refractivity contribution is 5.77. The molecule has 2 atom stereocenters. The van der Waals surface area contributed by atoms with Gasteiger partial charge < -0.3 is 14.6 Å². The Morgan fingerprint density at radius 1 is 1.33 bits per heavy atom. The van der Waals surface area contributed by atoms with Crippen LogP contribution in [0.1, 0.15) is 37.6 Å². The summed E-state index contributed by atoms with van der Waals surface area (Å²) in [7, 11) is 0. The number of ether oxygens (including phenoxy) is 1. The molecule has 0 aliphatic carbocycles. The molecule has 1 aromatic carbocycles. The molecule has 21 heavy (non-hydrogen) atoms. The molecule has 0 bridgehead atoms. The van der Waals surface area contributed by atoms with Gasteiger partial charge in [0.2, 0.25) is 0 Å². The summed E-state index contributed by atoms with van der Waals surface area (Å²) in [4.78, 5) is 4.93. The van der Waals surface area contributed by atoms with E-state index in [9.17, 15) is 0 Å². The summed E-state index contributed by atoms with van der Waals surface area (Å²) in [6.45, 7) is 10.0. The van der Waals surface area contributed by atoms with Crippen molar-refractivity contribution < 1.29 is 4.74 Å². The molecule has 0 spiro atoms. The molecule has 4 nitrogen and oxygen atoms in total. The molecule has 1 N–H and O–H groups in total. The van der Waals surface area contributed by atoms with Crippen molar-refractivity contribution in [3.05, 3.63) is 29.6 Å². The van der Waals surface area contributed by atoms with Gasteiger partial charge >= 0.3 is 0 Å². The van der Waals surface area contributed by atoms with Gasteiger partial charge in [-0.25, -0.2) is 4.98 Å². The van der Waals surface area contributed by atoms with Crippen LogP contribution < -0.4 is 5.32 Å². The molecule has 4 heteroatoms. The third-order valence-corrected chi connectivity index (χ3v) is 4.32. The van der Waals surface area contributed by atoms with Crippen molar-refractivity contribution in [2.24, 2.45) is 0 Å². The summed E-state index contributed by atoms with van der Waals surface area (Å²) in [5.41, 5.74) is 3.60. The van der Waals surface area contributed by atoms with Gasteiger partial charge in [0, 0.05) is 12.6 Å². The molecule has 2 heterocycles. The van der Waals surface area contributed by atoms with Gasteiger partial charge in [0.15, 0.2) is 0 Å². The van der Waals surface area contributed by atoms with Crippen molar-refractivity contribution in [1.29, 1.82) is 0 Å². The van der Waals surface area contributed by atoms with Crippen LogP contribution in [0.25, 0.3) is 11.0 Å². The van der Waals surface area contributed by atoms with Crippen molar-refractivity contribution in [2.75, 3.05) is 19.8 Å². The third-order valence-electron chi connectivity index (χ3n) is 4.32. The molecule has 2 unspecified atom stereocenters. The molecule has 0 amide bonds. The molecular formula is C17H25N3O. The van der Waals surface area contributed by atoms with E-state index in [2.05, 4.69) is 48.9 Å². The first kappa shape index (κ1) is 14.5. The summed E-state index contributed by atoms with van der Waals surface area (Å²) in [5.74, 6) is 1.52. The van der Waals surface area contributed by atoms with Gasteiger partial charge in [0.05, 0.1) is 30.2 Å². The van der Waals surface area contributed by atoms with Crippen LogP contribution in [-0.2, 0) is 11.3 Å². The Balaban J connectivity index is 1.98. The zero-order chi connectivity index (χ0) is 14.8. The quantitative estimate of drug-likeness (QED) is 0.919. The van der Waals surface area contributed by atoms with E-state index in [0.29, 0.717) is 12.0 Å². The fraction of sp³-hybridized carbons (Fsp3) is 0.588. The highest BCUT2D eigenvalue weighted by atomic mass is 16.5. The summed E-state index contributed by atoms with van der Waals surface area (Å²) in [6, 6.07) is 6.91. The molecular weight excluding hydrogens is 262 g/mol. The number of aryl methyl sites for hydroxylation is 2. The van der Waals surface area contributed by atoms with Crippen molar-refractivity contribution in [3.63, 3.8) is 0 Å². The van der Waals surface area contributed by atoms with Gasteiger partial charge in [-0.15, -0.1) is 0 Å². The highest BCUT2D eigenvalue weighted by Crippen LogP contribution is 2.29. The Bertz CT molecular complexity index is 620. The van der Waals surface area contributed by atoms with Gasteiger partial charge in [0.1, 0.15) is 5.82 Å². The average molecular weight is 287 g/mol. The molecule has 1 aliphatic rings. The minimum Gasteiger partial charge on any atom is -0.379 e. The van der Waals surface area contributed by atoms with Gasteiger partial charge in [-0.05, 0) is 44.5 Å². The van der Waals surface area contributed by atoms with Crippen molar-refractivity contribution in [1.82, 2.24) is 14.9 Å². The lowest BCUT2D eigenvalue weighted by Gasteiger charge is -2.19. The van der Waals surface area contributed by atoms with Crippen LogP contribution in [0.4, 0.5) is 0 Å². The number of fused-ring (bicyclic) bond motifs is 1. The van der Waals surface area contributed by atoms with Crippen LogP contribution in [0.2, 0.25) is 0 Å². The summed E-state index contributed by atoms with van der Waals surface area (Å²) < 4.78 is 8.07. The first-order chi connectivity index (χ1) is 10.2. The van der Waals surface area contributed by atoms with Crippen molar-refractivity contribution >= 4 is 11.0 Å². The lowest BCUT2D eigenvalue weighted by molar-refractivity contribution is 0.187. The largest absolute Gasteiger partial charge is 0.379 e. The molecule has 0 radical (unpaired) electrons. The van der Waals surface area contributed by atoms with Gasteiger partial charge in [0.25, 0.3) is 0 Å². The lowest BCUT2D eigenvalue weighted by atomic mass is 10.0. The molecule has 114 valence electrons. The van der Waals surface area contributed by atoms with Gasteiger partial charge in [-0.2, -0.15) is 0 Å². The minimum atomic E-state index is 0.351. The number of aromatic nitrogens is 2. The highest BCUT2D eigenvalue weighted by Gasteiger charge is 2.32. The number of hydrogen-bond donors (Lipinski definition) is 1. The maximum atomic E-state index is 5.72. The molecule has 2 aromatic rings. The smallest absolute Gasteiger partial charge is 0.116 e. The van der Waals surface area contributed by atoms with Crippen LogP contribution in [0.15, 0.2) is 18.2 Å². The monoisotopic (exact) mass is 287 g/mol. The number of hydrogen-bond acceptors (Lipinski definition) is 3. The fourth-order valence-corrected chi connectivity index (χ4v) is 3.21. The van der Waals surface area contributed by atoms with Crippen LogP contribution in [-0.4, -0.2) is 35.4 Å². The predicted molar refractivity (Wildman–Crippen MR) is 85.8 cm³/mol. The van der Waals surface area contributed by atoms with Gasteiger partial charge in [-0.3, -0.25) is 0 Å². The van der Waals surface area contributed by atoms with Crippen LogP contribution in [0, 0.1) is 6.92 Å². The molecule has 1 aromatic heterocycles. The van der Waals surface area contributed by atoms with E-state index < -0.39 is 0 Å². The van der Waals surface area contributed by atoms with Gasteiger partial charge in [-0.1, -0.05) is 13.0 Å². The molecule has 0 saturated carbocycles. The standard InChI is InChI=1S/C17H25N3O/c1-4-8-18-15-11-21-10-13(15)17-19-14-9-12(3)6-7-16(14)20(17)5-2/h6-7,9,13,15,18H,4-5,8,10-11H2,1-3H3.